The minimum Gasteiger partial charge on any atom is -0.756 e. The van der Waals surface area contributed by atoms with Gasteiger partial charge in [0.25, 0.3) is 7.82 Å². The molecule has 0 fully saturated rings. The Bertz CT molecular complexity index is 1220. The molecule has 0 aromatic heterocycles. The van der Waals surface area contributed by atoms with Gasteiger partial charge in [0.05, 0.1) is 39.9 Å². The van der Waals surface area contributed by atoms with Crippen molar-refractivity contribution in [3.8, 4) is 0 Å². The van der Waals surface area contributed by atoms with E-state index in [4.69, 9.17) is 9.05 Å². The maximum atomic E-state index is 12.9. The molecular weight excluding hydrogens is 876 g/mol. The zero-order chi connectivity index (χ0) is 50.6. The Labute approximate surface area is 429 Å². The van der Waals surface area contributed by atoms with Crippen LogP contribution in [-0.2, 0) is 18.4 Å². The van der Waals surface area contributed by atoms with Crippen molar-refractivity contribution in [2.75, 3.05) is 40.9 Å². The molecule has 0 aliphatic heterocycles. The first-order valence-electron chi connectivity index (χ1n) is 29.9. The SMILES string of the molecule is CCCCCCCC/C=C\CCCCCCCC(=O)NC(COP(=O)([O-])OCC[N+](C)(C)C)C(O)/C=C/CC/C=C/CCCCCCCCCCCCCCCCCCCCCCCCCCCC. The highest BCUT2D eigenvalue weighted by Gasteiger charge is 2.23. The lowest BCUT2D eigenvalue weighted by molar-refractivity contribution is -0.870. The summed E-state index contributed by atoms with van der Waals surface area (Å²) >= 11 is 0. The van der Waals surface area contributed by atoms with Gasteiger partial charge in [-0.2, -0.15) is 0 Å². The molecule has 0 aromatic carbocycles. The molecule has 1 amide bonds. The first kappa shape index (κ1) is 67.7. The van der Waals surface area contributed by atoms with Gasteiger partial charge >= 0.3 is 0 Å². The lowest BCUT2D eigenvalue weighted by Crippen LogP contribution is -2.45. The molecule has 0 aliphatic rings. The largest absolute Gasteiger partial charge is 0.756 e. The van der Waals surface area contributed by atoms with Crippen LogP contribution in [0.3, 0.4) is 0 Å². The highest BCUT2D eigenvalue weighted by Crippen LogP contribution is 2.38. The third-order valence-electron chi connectivity index (χ3n) is 13.6. The number of likely N-dealkylation sites (N-methyl/N-ethyl adjacent to an activating group) is 1. The summed E-state index contributed by atoms with van der Waals surface area (Å²) in [5, 5.41) is 13.9. The maximum absolute atomic E-state index is 12.9. The molecule has 0 aromatic rings. The molecule has 3 unspecified atom stereocenters. The molecule has 0 bridgehead atoms. The second-order valence-corrected chi connectivity index (χ2v) is 23.1. The summed E-state index contributed by atoms with van der Waals surface area (Å²) in [6.45, 7) is 4.64. The van der Waals surface area contributed by atoms with Crippen LogP contribution in [0.5, 0.6) is 0 Å². The van der Waals surface area contributed by atoms with Crippen LogP contribution in [0.2, 0.25) is 0 Å². The number of aliphatic hydroxyl groups is 1. The van der Waals surface area contributed by atoms with Gasteiger partial charge < -0.3 is 28.8 Å². The van der Waals surface area contributed by atoms with Gasteiger partial charge in [-0.1, -0.05) is 262 Å². The van der Waals surface area contributed by atoms with E-state index in [0.29, 0.717) is 17.4 Å². The average Bonchev–Trinajstić information content (AvgIpc) is 3.31. The molecule has 0 aliphatic carbocycles. The third kappa shape index (κ3) is 54.3. The van der Waals surface area contributed by atoms with Crippen LogP contribution in [0, 0.1) is 0 Å². The van der Waals surface area contributed by atoms with Gasteiger partial charge in [0.1, 0.15) is 13.2 Å². The molecule has 0 spiro atoms. The number of nitrogens with one attached hydrogen (secondary N) is 1. The van der Waals surface area contributed by atoms with Crippen molar-refractivity contribution in [3.63, 3.8) is 0 Å². The number of quaternary nitrogens is 1. The fourth-order valence-electron chi connectivity index (χ4n) is 8.87. The second-order valence-electron chi connectivity index (χ2n) is 21.7. The number of carbonyl (C=O) groups is 1. The van der Waals surface area contributed by atoms with Crippen LogP contribution in [0.25, 0.3) is 0 Å². The lowest BCUT2D eigenvalue weighted by atomic mass is 10.0. The van der Waals surface area contributed by atoms with Gasteiger partial charge in [-0.25, -0.2) is 0 Å². The summed E-state index contributed by atoms with van der Waals surface area (Å²) < 4.78 is 23.3. The topological polar surface area (TPSA) is 108 Å². The Hall–Kier alpha value is -1.28. The number of unbranched alkanes of at least 4 members (excludes halogenated alkanes) is 38. The normalized spacial score (nSPS) is 14.1. The molecule has 9 heteroatoms. The Balaban J connectivity index is 4.12. The van der Waals surface area contributed by atoms with Crippen molar-refractivity contribution in [2.24, 2.45) is 0 Å². The molecule has 8 nitrogen and oxygen atoms in total. The molecule has 2 N–H and O–H groups in total. The molecule has 0 saturated heterocycles. The van der Waals surface area contributed by atoms with Crippen LogP contribution in [0.4, 0.5) is 0 Å². The summed E-state index contributed by atoms with van der Waals surface area (Å²) in [4.78, 5) is 25.4. The molecule has 0 radical (unpaired) electrons. The number of aliphatic hydroxyl groups excluding tert-OH is 1. The fourth-order valence-corrected chi connectivity index (χ4v) is 9.60. The average molecular weight is 994 g/mol. The molecular formula is C60H117N2O6P. The molecule has 69 heavy (non-hydrogen) atoms. The Morgan fingerprint density at radius 1 is 0.493 bits per heavy atom. The van der Waals surface area contributed by atoms with E-state index in [0.717, 1.165) is 51.4 Å². The van der Waals surface area contributed by atoms with E-state index in [2.05, 4.69) is 43.5 Å². The summed E-state index contributed by atoms with van der Waals surface area (Å²) in [6.07, 6.45) is 66.8. The maximum Gasteiger partial charge on any atom is 0.268 e. The van der Waals surface area contributed by atoms with E-state index in [-0.39, 0.29) is 12.5 Å². The Kier molecular flexibility index (Phi) is 50.7. The van der Waals surface area contributed by atoms with Crippen molar-refractivity contribution >= 4 is 13.7 Å². The van der Waals surface area contributed by atoms with E-state index in [1.807, 2.05) is 27.2 Å². The van der Waals surface area contributed by atoms with E-state index in [1.54, 1.807) is 6.08 Å². The number of hydrogen-bond donors (Lipinski definition) is 2. The van der Waals surface area contributed by atoms with Crippen LogP contribution in [0.15, 0.2) is 36.5 Å². The molecule has 0 saturated carbocycles. The highest BCUT2D eigenvalue weighted by molar-refractivity contribution is 7.45. The van der Waals surface area contributed by atoms with Gasteiger partial charge in [0.15, 0.2) is 0 Å². The van der Waals surface area contributed by atoms with Crippen molar-refractivity contribution in [1.29, 1.82) is 0 Å². The summed E-state index contributed by atoms with van der Waals surface area (Å²) in [5.74, 6) is -0.214. The Morgan fingerprint density at radius 3 is 1.17 bits per heavy atom. The number of allylic oxidation sites excluding steroid dienone is 5. The zero-order valence-electron chi connectivity index (χ0n) is 46.5. The number of amides is 1. The van der Waals surface area contributed by atoms with E-state index in [9.17, 15) is 19.4 Å². The summed E-state index contributed by atoms with van der Waals surface area (Å²) in [7, 11) is 1.24. The van der Waals surface area contributed by atoms with Crippen LogP contribution < -0.4 is 10.2 Å². The third-order valence-corrected chi connectivity index (χ3v) is 14.5. The van der Waals surface area contributed by atoms with Crippen LogP contribution in [-0.4, -0.2) is 68.5 Å². The molecule has 0 rings (SSSR count). The van der Waals surface area contributed by atoms with Crippen molar-refractivity contribution in [2.45, 2.75) is 302 Å². The smallest absolute Gasteiger partial charge is 0.268 e. The fraction of sp³-hybridized carbons (Fsp3) is 0.883. The van der Waals surface area contributed by atoms with E-state index < -0.39 is 26.6 Å². The first-order valence-corrected chi connectivity index (χ1v) is 31.3. The molecule has 0 heterocycles. The quantitative estimate of drug-likeness (QED) is 0.0272. The van der Waals surface area contributed by atoms with Crippen LogP contribution >= 0.6 is 7.82 Å². The summed E-state index contributed by atoms with van der Waals surface area (Å²) in [6, 6.07) is -0.907. The van der Waals surface area contributed by atoms with Gasteiger partial charge in [0.2, 0.25) is 5.91 Å². The standard InChI is InChI=1S/C60H117N2O6P/c1-6-8-10-12-14-16-18-20-22-23-24-25-26-27-28-29-30-31-32-33-34-35-36-37-38-40-41-43-45-47-49-51-53-59(63)58(57-68-69(65,66)67-56-55-62(3,4)5)61-60(64)54-52-50-48-46-44-42-39-21-19-17-15-13-11-9-7-2/h21,39,43,45,51,53,58-59,63H,6-20,22-38,40-42,44,46-50,52,54-57H2,1-5H3,(H-,61,64,65,66)/b39-21-,45-43+,53-51+. The highest BCUT2D eigenvalue weighted by atomic mass is 31.2. The van der Waals surface area contributed by atoms with Gasteiger partial charge in [-0.3, -0.25) is 9.36 Å². The van der Waals surface area contributed by atoms with E-state index in [1.165, 1.54) is 218 Å². The predicted octanol–water partition coefficient (Wildman–Crippen LogP) is 17.5. The molecule has 408 valence electrons. The number of phosphoric acid groups is 1. The summed E-state index contributed by atoms with van der Waals surface area (Å²) in [5.41, 5.74) is 0. The van der Waals surface area contributed by atoms with Gasteiger partial charge in [-0.05, 0) is 57.8 Å². The number of rotatable bonds is 55. The van der Waals surface area contributed by atoms with Gasteiger partial charge in [0, 0.05) is 6.42 Å². The second kappa shape index (κ2) is 51.6. The zero-order valence-corrected chi connectivity index (χ0v) is 47.4. The van der Waals surface area contributed by atoms with Crippen molar-refractivity contribution < 1.29 is 32.9 Å². The van der Waals surface area contributed by atoms with Gasteiger partial charge in [-0.15, -0.1) is 0 Å². The van der Waals surface area contributed by atoms with Crippen molar-refractivity contribution in [3.05, 3.63) is 36.5 Å². The number of hydrogen-bond acceptors (Lipinski definition) is 6. The van der Waals surface area contributed by atoms with Crippen molar-refractivity contribution in [1.82, 2.24) is 5.32 Å². The minimum absolute atomic E-state index is 0.00748. The Morgan fingerprint density at radius 2 is 0.812 bits per heavy atom. The molecule has 3 atom stereocenters. The number of phosphoric ester groups is 1. The number of nitrogens with zero attached hydrogens (tertiary/aromatic N) is 1. The minimum atomic E-state index is -4.61. The van der Waals surface area contributed by atoms with E-state index >= 15 is 0 Å². The van der Waals surface area contributed by atoms with Crippen LogP contribution in [0.1, 0.15) is 290 Å². The lowest BCUT2D eigenvalue weighted by Gasteiger charge is -2.29. The predicted molar refractivity (Wildman–Crippen MR) is 298 cm³/mol. The number of carbonyl (C=O) groups excluding carboxylic acids is 1. The first-order chi connectivity index (χ1) is 33.5. The monoisotopic (exact) mass is 993 g/mol.